The molecule has 0 fully saturated rings. The largest absolute Gasteiger partial charge is 0.483 e. The molecule has 0 saturated heterocycles. The molecule has 3 aromatic rings. The Labute approximate surface area is 167 Å². The molecule has 0 atom stereocenters. The molecule has 0 unspecified atom stereocenters. The molecule has 2 N–H and O–H groups in total. The van der Waals surface area contributed by atoms with E-state index < -0.39 is 15.7 Å². The number of carbonyl (C=O) groups is 2. The standard InChI is InChI=1S/C19H17FN2O3S.CH2O2/c1-11-8-17(13-4-6-14(7-5-13)26(3,24)25)22-18-10-16(20)19(9-15(11)18)21-12(2)23;2-1-3/h4-10H,1-3H3,(H,21,23);1H,(H,2,3). The highest BCUT2D eigenvalue weighted by molar-refractivity contribution is 7.90. The van der Waals surface area contributed by atoms with Gasteiger partial charge in [-0.2, -0.15) is 0 Å². The molecule has 0 spiro atoms. The van der Waals surface area contributed by atoms with E-state index in [-0.39, 0.29) is 23.0 Å². The number of amides is 1. The summed E-state index contributed by atoms with van der Waals surface area (Å²) in [6, 6.07) is 11.1. The molecular weight excluding hydrogens is 399 g/mol. The Morgan fingerprint density at radius 3 is 2.28 bits per heavy atom. The summed E-state index contributed by atoms with van der Waals surface area (Å²) in [5.74, 6) is -0.916. The van der Waals surface area contributed by atoms with Crippen LogP contribution in [0.15, 0.2) is 47.4 Å². The van der Waals surface area contributed by atoms with Crippen LogP contribution in [0, 0.1) is 12.7 Å². The number of hydrogen-bond donors (Lipinski definition) is 2. The summed E-state index contributed by atoms with van der Waals surface area (Å²) in [6.45, 7) is 2.94. The first-order valence-corrected chi connectivity index (χ1v) is 10.2. The third-order valence-electron chi connectivity index (χ3n) is 3.99. The van der Waals surface area contributed by atoms with Crippen molar-refractivity contribution in [1.82, 2.24) is 4.98 Å². The Morgan fingerprint density at radius 1 is 1.17 bits per heavy atom. The maximum absolute atomic E-state index is 14.2. The molecule has 0 bridgehead atoms. The van der Waals surface area contributed by atoms with Crippen molar-refractivity contribution in [2.45, 2.75) is 18.7 Å². The average Bonchev–Trinajstić information content (AvgIpc) is 2.62. The van der Waals surface area contributed by atoms with Crippen LogP contribution in [-0.4, -0.2) is 37.1 Å². The molecule has 29 heavy (non-hydrogen) atoms. The van der Waals surface area contributed by atoms with Gasteiger partial charge in [0, 0.05) is 30.2 Å². The smallest absolute Gasteiger partial charge is 0.290 e. The summed E-state index contributed by atoms with van der Waals surface area (Å²) >= 11 is 0. The van der Waals surface area contributed by atoms with Gasteiger partial charge in [0.15, 0.2) is 9.84 Å². The summed E-state index contributed by atoms with van der Waals surface area (Å²) in [5.41, 5.74) is 2.78. The molecule has 152 valence electrons. The van der Waals surface area contributed by atoms with E-state index in [2.05, 4.69) is 10.3 Å². The average molecular weight is 418 g/mol. The fourth-order valence-corrected chi connectivity index (χ4v) is 3.35. The molecule has 3 rings (SSSR count). The summed E-state index contributed by atoms with van der Waals surface area (Å²) in [4.78, 5) is 24.3. The van der Waals surface area contributed by atoms with Crippen molar-refractivity contribution < 1.29 is 27.5 Å². The number of pyridine rings is 1. The Hall–Kier alpha value is -3.33. The molecule has 0 aliphatic heterocycles. The van der Waals surface area contributed by atoms with Gasteiger partial charge in [-0.05, 0) is 36.8 Å². The molecular formula is C20H19FN2O5S. The fourth-order valence-electron chi connectivity index (χ4n) is 2.72. The highest BCUT2D eigenvalue weighted by Crippen LogP contribution is 2.29. The topological polar surface area (TPSA) is 113 Å². The Balaban J connectivity index is 0.000000941. The molecule has 2 aromatic carbocycles. The van der Waals surface area contributed by atoms with E-state index in [1.165, 1.54) is 25.1 Å². The minimum absolute atomic E-state index is 0.111. The van der Waals surface area contributed by atoms with Crippen molar-refractivity contribution in [3.8, 4) is 11.3 Å². The van der Waals surface area contributed by atoms with Crippen LogP contribution < -0.4 is 5.32 Å². The van der Waals surface area contributed by atoms with Gasteiger partial charge in [-0.3, -0.25) is 9.59 Å². The number of nitrogens with zero attached hydrogens (tertiary/aromatic N) is 1. The third kappa shape index (κ3) is 5.35. The van der Waals surface area contributed by atoms with E-state index in [0.717, 1.165) is 22.8 Å². The van der Waals surface area contributed by atoms with Gasteiger partial charge in [-0.25, -0.2) is 17.8 Å². The molecule has 0 saturated carbocycles. The van der Waals surface area contributed by atoms with Crippen molar-refractivity contribution >= 4 is 38.8 Å². The quantitative estimate of drug-likeness (QED) is 0.630. The van der Waals surface area contributed by atoms with Crippen LogP contribution in [0.25, 0.3) is 22.2 Å². The molecule has 0 aliphatic carbocycles. The molecule has 1 amide bonds. The van der Waals surface area contributed by atoms with Gasteiger partial charge < -0.3 is 10.4 Å². The Morgan fingerprint density at radius 2 is 1.76 bits per heavy atom. The maximum atomic E-state index is 14.2. The Kier molecular flexibility index (Phi) is 6.65. The lowest BCUT2D eigenvalue weighted by atomic mass is 10.0. The van der Waals surface area contributed by atoms with Gasteiger partial charge in [-0.15, -0.1) is 0 Å². The number of rotatable bonds is 3. The second-order valence-corrected chi connectivity index (χ2v) is 8.27. The van der Waals surface area contributed by atoms with Crippen LogP contribution in [0.1, 0.15) is 12.5 Å². The number of halogens is 1. The molecule has 0 radical (unpaired) electrons. The second kappa shape index (κ2) is 8.78. The summed E-state index contributed by atoms with van der Waals surface area (Å²) < 4.78 is 37.3. The van der Waals surface area contributed by atoms with Gasteiger partial charge in [0.2, 0.25) is 5.91 Å². The third-order valence-corrected chi connectivity index (χ3v) is 5.12. The van der Waals surface area contributed by atoms with E-state index >= 15 is 0 Å². The molecule has 1 aromatic heterocycles. The normalized spacial score (nSPS) is 10.8. The van der Waals surface area contributed by atoms with E-state index in [1.807, 2.05) is 13.0 Å². The van der Waals surface area contributed by atoms with E-state index in [4.69, 9.17) is 9.90 Å². The number of fused-ring (bicyclic) bond motifs is 1. The summed E-state index contributed by atoms with van der Waals surface area (Å²) in [7, 11) is -3.27. The van der Waals surface area contributed by atoms with Crippen LogP contribution in [-0.2, 0) is 19.4 Å². The van der Waals surface area contributed by atoms with Crippen LogP contribution in [0.5, 0.6) is 0 Å². The SMILES string of the molecule is CC(=O)Nc1cc2c(C)cc(-c3ccc(S(C)(=O)=O)cc3)nc2cc1F.O=CO. The van der Waals surface area contributed by atoms with Gasteiger partial charge in [0.1, 0.15) is 5.82 Å². The fraction of sp³-hybridized carbons (Fsp3) is 0.150. The number of carbonyl (C=O) groups excluding carboxylic acids is 1. The van der Waals surface area contributed by atoms with Crippen LogP contribution in [0.4, 0.5) is 10.1 Å². The van der Waals surface area contributed by atoms with Crippen LogP contribution in [0.3, 0.4) is 0 Å². The van der Waals surface area contributed by atoms with Crippen molar-refractivity contribution in [2.75, 3.05) is 11.6 Å². The maximum Gasteiger partial charge on any atom is 0.290 e. The highest BCUT2D eigenvalue weighted by atomic mass is 32.2. The lowest BCUT2D eigenvalue weighted by molar-refractivity contribution is -0.123. The monoisotopic (exact) mass is 418 g/mol. The van der Waals surface area contributed by atoms with Crippen molar-refractivity contribution in [1.29, 1.82) is 0 Å². The summed E-state index contributed by atoms with van der Waals surface area (Å²) in [6.07, 6.45) is 1.15. The molecule has 7 nitrogen and oxygen atoms in total. The Bertz CT molecular complexity index is 1180. The zero-order valence-electron chi connectivity index (χ0n) is 15.9. The van der Waals surface area contributed by atoms with Gasteiger partial charge in [0.05, 0.1) is 21.8 Å². The van der Waals surface area contributed by atoms with Gasteiger partial charge in [-0.1, -0.05) is 12.1 Å². The number of sulfone groups is 1. The van der Waals surface area contributed by atoms with E-state index in [0.29, 0.717) is 11.2 Å². The highest BCUT2D eigenvalue weighted by Gasteiger charge is 2.12. The van der Waals surface area contributed by atoms with Crippen molar-refractivity contribution in [3.05, 3.63) is 53.8 Å². The first-order valence-electron chi connectivity index (χ1n) is 8.33. The van der Waals surface area contributed by atoms with Crippen LogP contribution in [0.2, 0.25) is 0 Å². The molecule has 9 heteroatoms. The van der Waals surface area contributed by atoms with E-state index in [1.54, 1.807) is 18.2 Å². The predicted octanol–water partition coefficient (Wildman–Crippen LogP) is 3.41. The van der Waals surface area contributed by atoms with Crippen molar-refractivity contribution in [3.63, 3.8) is 0 Å². The number of carboxylic acid groups (broad SMARTS) is 1. The zero-order valence-corrected chi connectivity index (χ0v) is 16.7. The summed E-state index contributed by atoms with van der Waals surface area (Å²) in [5, 5.41) is 10.1. The first kappa shape index (κ1) is 22.0. The van der Waals surface area contributed by atoms with Crippen molar-refractivity contribution in [2.24, 2.45) is 0 Å². The number of hydrogen-bond acceptors (Lipinski definition) is 5. The first-order chi connectivity index (χ1) is 13.6. The minimum atomic E-state index is -3.27. The molecule has 0 aliphatic rings. The lowest BCUT2D eigenvalue weighted by Crippen LogP contribution is -2.07. The minimum Gasteiger partial charge on any atom is -0.483 e. The lowest BCUT2D eigenvalue weighted by Gasteiger charge is -2.10. The van der Waals surface area contributed by atoms with E-state index in [9.17, 15) is 17.6 Å². The predicted molar refractivity (Wildman–Crippen MR) is 108 cm³/mol. The van der Waals surface area contributed by atoms with Gasteiger partial charge in [0.25, 0.3) is 6.47 Å². The van der Waals surface area contributed by atoms with Gasteiger partial charge >= 0.3 is 0 Å². The molecule has 1 heterocycles. The number of anilines is 1. The second-order valence-electron chi connectivity index (χ2n) is 6.26. The number of benzene rings is 2. The number of nitrogens with one attached hydrogen (secondary N) is 1. The number of aryl methyl sites for hydroxylation is 1. The number of aromatic nitrogens is 1. The zero-order chi connectivity index (χ0) is 21.8. The van der Waals surface area contributed by atoms with Crippen LogP contribution >= 0.6 is 0 Å².